The van der Waals surface area contributed by atoms with E-state index in [0.29, 0.717) is 12.1 Å². The van der Waals surface area contributed by atoms with E-state index in [1.165, 1.54) is 0 Å². The normalized spacial score (nSPS) is 10.7. The third kappa shape index (κ3) is 3.98. The summed E-state index contributed by atoms with van der Waals surface area (Å²) in [7, 11) is 0. The molecule has 7 heteroatoms. The maximum absolute atomic E-state index is 12.2. The van der Waals surface area contributed by atoms with E-state index in [-0.39, 0.29) is 5.91 Å². The summed E-state index contributed by atoms with van der Waals surface area (Å²) >= 11 is 2.22. The van der Waals surface area contributed by atoms with Crippen LogP contribution < -0.4 is 5.32 Å². The summed E-state index contributed by atoms with van der Waals surface area (Å²) in [5, 5.41) is 13.8. The number of aromatic amines is 1. The summed E-state index contributed by atoms with van der Waals surface area (Å²) in [6.45, 7) is 0.640. The molecular formula is C16H16IN5O. The predicted octanol–water partition coefficient (Wildman–Crippen LogP) is 2.56. The Kier molecular flexibility index (Phi) is 5.06. The number of halogens is 1. The quantitative estimate of drug-likeness (QED) is 0.475. The van der Waals surface area contributed by atoms with Gasteiger partial charge in [-0.15, -0.1) is 0 Å². The van der Waals surface area contributed by atoms with Crippen molar-refractivity contribution in [2.24, 2.45) is 0 Å². The van der Waals surface area contributed by atoms with Crippen LogP contribution in [0.4, 0.5) is 0 Å². The van der Waals surface area contributed by atoms with Crippen molar-refractivity contribution in [3.05, 3.63) is 63.7 Å². The minimum Gasteiger partial charge on any atom is -0.352 e. The fraction of sp³-hybridized carbons (Fsp3) is 0.188. The van der Waals surface area contributed by atoms with Crippen LogP contribution >= 0.6 is 22.6 Å². The number of rotatable bonds is 6. The minimum absolute atomic E-state index is 0.0536. The average Bonchev–Trinajstić information content (AvgIpc) is 3.24. The van der Waals surface area contributed by atoms with Crippen LogP contribution in [-0.4, -0.2) is 32.4 Å². The molecular weight excluding hydrogens is 405 g/mol. The van der Waals surface area contributed by atoms with Gasteiger partial charge < -0.3 is 5.32 Å². The molecule has 2 heterocycles. The van der Waals surface area contributed by atoms with Crippen LogP contribution in [0.1, 0.15) is 22.3 Å². The fourth-order valence-electron chi connectivity index (χ4n) is 2.26. The van der Waals surface area contributed by atoms with Gasteiger partial charge in [-0.2, -0.15) is 10.2 Å². The molecule has 1 amide bonds. The van der Waals surface area contributed by atoms with Crippen molar-refractivity contribution in [2.75, 3.05) is 6.54 Å². The number of benzene rings is 1. The number of nitrogens with one attached hydrogen (secondary N) is 2. The molecule has 2 N–H and O–H groups in total. The summed E-state index contributed by atoms with van der Waals surface area (Å²) in [4.78, 5) is 12.2. The Labute approximate surface area is 147 Å². The first-order valence-corrected chi connectivity index (χ1v) is 8.37. The second-order valence-electron chi connectivity index (χ2n) is 5.08. The maximum Gasteiger partial charge on any atom is 0.251 e. The molecule has 0 atom stereocenters. The molecule has 0 radical (unpaired) electrons. The molecule has 0 spiro atoms. The van der Waals surface area contributed by atoms with E-state index in [1.54, 1.807) is 17.1 Å². The van der Waals surface area contributed by atoms with Gasteiger partial charge in [0.1, 0.15) is 0 Å². The molecule has 118 valence electrons. The fourth-order valence-corrected chi connectivity index (χ4v) is 3.02. The zero-order valence-electron chi connectivity index (χ0n) is 12.4. The van der Waals surface area contributed by atoms with Crippen LogP contribution in [0.15, 0.2) is 49.1 Å². The van der Waals surface area contributed by atoms with E-state index in [2.05, 4.69) is 43.2 Å². The first kappa shape index (κ1) is 15.7. The molecule has 0 aliphatic carbocycles. The topological polar surface area (TPSA) is 75.6 Å². The minimum atomic E-state index is -0.0536. The SMILES string of the molecule is O=C(NCCCc1cn[nH]c1)c1ccc(-n2cccn2)c(I)c1. The van der Waals surface area contributed by atoms with Crippen LogP contribution in [0.5, 0.6) is 0 Å². The van der Waals surface area contributed by atoms with Gasteiger partial charge in [-0.25, -0.2) is 4.68 Å². The van der Waals surface area contributed by atoms with E-state index in [1.807, 2.05) is 36.7 Å². The van der Waals surface area contributed by atoms with Gasteiger partial charge in [-0.3, -0.25) is 9.89 Å². The van der Waals surface area contributed by atoms with Gasteiger partial charge in [-0.1, -0.05) is 0 Å². The first-order valence-electron chi connectivity index (χ1n) is 7.29. The lowest BCUT2D eigenvalue weighted by Crippen LogP contribution is -2.25. The molecule has 23 heavy (non-hydrogen) atoms. The lowest BCUT2D eigenvalue weighted by Gasteiger charge is -2.08. The van der Waals surface area contributed by atoms with E-state index >= 15 is 0 Å². The summed E-state index contributed by atoms with van der Waals surface area (Å²) in [6.07, 6.45) is 9.07. The number of H-pyrrole nitrogens is 1. The Morgan fingerprint density at radius 1 is 1.39 bits per heavy atom. The summed E-state index contributed by atoms with van der Waals surface area (Å²) in [5.41, 5.74) is 2.78. The van der Waals surface area contributed by atoms with Gasteiger partial charge >= 0.3 is 0 Å². The summed E-state index contributed by atoms with van der Waals surface area (Å²) < 4.78 is 2.77. The zero-order valence-corrected chi connectivity index (χ0v) is 14.5. The Hall–Kier alpha value is -2.16. The molecule has 1 aromatic carbocycles. The zero-order chi connectivity index (χ0) is 16.1. The van der Waals surface area contributed by atoms with Crippen molar-refractivity contribution in [1.29, 1.82) is 0 Å². The van der Waals surface area contributed by atoms with Crippen LogP contribution in [-0.2, 0) is 6.42 Å². The maximum atomic E-state index is 12.2. The number of amides is 1. The van der Waals surface area contributed by atoms with Crippen LogP contribution in [0.3, 0.4) is 0 Å². The molecule has 0 fully saturated rings. The van der Waals surface area contributed by atoms with E-state index in [9.17, 15) is 4.79 Å². The third-order valence-corrected chi connectivity index (χ3v) is 4.31. The molecule has 0 unspecified atom stereocenters. The molecule has 6 nitrogen and oxygen atoms in total. The van der Waals surface area contributed by atoms with Crippen LogP contribution in [0, 0.1) is 3.57 Å². The number of aromatic nitrogens is 4. The molecule has 3 rings (SSSR count). The van der Waals surface area contributed by atoms with E-state index < -0.39 is 0 Å². The predicted molar refractivity (Wildman–Crippen MR) is 95.5 cm³/mol. The monoisotopic (exact) mass is 421 g/mol. The highest BCUT2D eigenvalue weighted by Crippen LogP contribution is 2.18. The second-order valence-corrected chi connectivity index (χ2v) is 6.25. The van der Waals surface area contributed by atoms with E-state index in [4.69, 9.17) is 0 Å². The van der Waals surface area contributed by atoms with Crippen molar-refractivity contribution in [2.45, 2.75) is 12.8 Å². The van der Waals surface area contributed by atoms with Crippen molar-refractivity contribution >= 4 is 28.5 Å². The van der Waals surface area contributed by atoms with Crippen LogP contribution in [0.25, 0.3) is 5.69 Å². The number of hydrogen-bond acceptors (Lipinski definition) is 3. The molecule has 3 aromatic rings. The first-order chi connectivity index (χ1) is 11.2. The van der Waals surface area contributed by atoms with Gasteiger partial charge in [-0.05, 0) is 65.3 Å². The van der Waals surface area contributed by atoms with E-state index in [0.717, 1.165) is 27.7 Å². The van der Waals surface area contributed by atoms with Gasteiger partial charge in [0, 0.05) is 34.3 Å². The number of aryl methyl sites for hydroxylation is 1. The third-order valence-electron chi connectivity index (χ3n) is 3.44. The number of carbonyl (C=O) groups is 1. The van der Waals surface area contributed by atoms with Crippen LogP contribution in [0.2, 0.25) is 0 Å². The van der Waals surface area contributed by atoms with Gasteiger partial charge in [0.2, 0.25) is 0 Å². The second kappa shape index (κ2) is 7.40. The molecule has 2 aromatic heterocycles. The standard InChI is InChI=1S/C16H16IN5O/c17-14-9-13(4-5-15(14)22-8-2-7-21-22)16(23)18-6-1-3-12-10-19-20-11-12/h2,4-5,7-11H,1,3,6H2,(H,18,23)(H,19,20). The van der Waals surface area contributed by atoms with Crippen molar-refractivity contribution < 1.29 is 4.79 Å². The number of carbonyl (C=O) groups excluding carboxylic acids is 1. The average molecular weight is 421 g/mol. The molecule has 0 aliphatic heterocycles. The molecule has 0 aliphatic rings. The lowest BCUT2D eigenvalue weighted by molar-refractivity contribution is 0.0953. The molecule has 0 bridgehead atoms. The smallest absolute Gasteiger partial charge is 0.251 e. The Morgan fingerprint density at radius 2 is 2.30 bits per heavy atom. The largest absolute Gasteiger partial charge is 0.352 e. The van der Waals surface area contributed by atoms with Crippen molar-refractivity contribution in [3.8, 4) is 5.69 Å². The highest BCUT2D eigenvalue weighted by molar-refractivity contribution is 14.1. The van der Waals surface area contributed by atoms with Gasteiger partial charge in [0.05, 0.1) is 11.9 Å². The highest BCUT2D eigenvalue weighted by atomic mass is 127. The molecule has 0 saturated carbocycles. The Bertz CT molecular complexity index is 768. The van der Waals surface area contributed by atoms with Crippen molar-refractivity contribution in [1.82, 2.24) is 25.3 Å². The van der Waals surface area contributed by atoms with Crippen molar-refractivity contribution in [3.63, 3.8) is 0 Å². The summed E-state index contributed by atoms with van der Waals surface area (Å²) in [5.74, 6) is -0.0536. The summed E-state index contributed by atoms with van der Waals surface area (Å²) in [6, 6.07) is 7.49. The molecule has 0 saturated heterocycles. The highest BCUT2D eigenvalue weighted by Gasteiger charge is 2.09. The number of hydrogen-bond donors (Lipinski definition) is 2. The Morgan fingerprint density at radius 3 is 3.00 bits per heavy atom. The van der Waals surface area contributed by atoms with Gasteiger partial charge in [0.15, 0.2) is 0 Å². The van der Waals surface area contributed by atoms with Gasteiger partial charge in [0.25, 0.3) is 5.91 Å². The Balaban J connectivity index is 1.56. The number of nitrogens with zero attached hydrogens (tertiary/aromatic N) is 3. The lowest BCUT2D eigenvalue weighted by atomic mass is 10.1.